The molecule has 7 aromatic rings. The zero-order valence-corrected chi connectivity index (χ0v) is 24.0. The summed E-state index contributed by atoms with van der Waals surface area (Å²) < 4.78 is 0. The van der Waals surface area contributed by atoms with Gasteiger partial charge >= 0.3 is 0 Å². The highest BCUT2D eigenvalue weighted by Crippen LogP contribution is 2.30. The highest BCUT2D eigenvalue weighted by molar-refractivity contribution is 6.30. The highest BCUT2D eigenvalue weighted by Gasteiger charge is 2.14. The van der Waals surface area contributed by atoms with E-state index >= 15 is 0 Å². The van der Waals surface area contributed by atoms with E-state index in [-0.39, 0.29) is 0 Å². The lowest BCUT2D eigenvalue weighted by atomic mass is 10.0. The molecule has 0 radical (unpaired) electrons. The van der Waals surface area contributed by atoms with Crippen molar-refractivity contribution in [2.45, 2.75) is 0 Å². The van der Waals surface area contributed by atoms with Gasteiger partial charge in [0.2, 0.25) is 0 Å². The molecule has 0 aliphatic rings. The van der Waals surface area contributed by atoms with Crippen LogP contribution in [0, 0.1) is 0 Å². The molecule has 0 unspecified atom stereocenters. The van der Waals surface area contributed by atoms with Crippen molar-refractivity contribution >= 4 is 11.6 Å². The second-order valence-electron chi connectivity index (χ2n) is 10.3. The van der Waals surface area contributed by atoms with E-state index in [4.69, 9.17) is 26.6 Å². The third-order valence-corrected chi connectivity index (χ3v) is 7.69. The second-order valence-corrected chi connectivity index (χ2v) is 10.7. The van der Waals surface area contributed by atoms with Crippen LogP contribution in [-0.2, 0) is 0 Å². The summed E-state index contributed by atoms with van der Waals surface area (Å²) in [5, 5.41) is 0.721. The summed E-state index contributed by atoms with van der Waals surface area (Å²) in [6, 6.07) is 53.6. The van der Waals surface area contributed by atoms with Gasteiger partial charge in [0.05, 0.1) is 0 Å². The first-order chi connectivity index (χ1) is 21.2. The van der Waals surface area contributed by atoms with Crippen molar-refractivity contribution < 1.29 is 0 Å². The predicted octanol–water partition coefficient (Wildman–Crippen LogP) is 10.5. The summed E-state index contributed by atoms with van der Waals surface area (Å²) in [7, 11) is 0. The summed E-state index contributed by atoms with van der Waals surface area (Å²) in [5.74, 6) is 1.89. The Morgan fingerprint density at radius 1 is 0.279 bits per heavy atom. The Kier molecular flexibility index (Phi) is 7.31. The summed E-state index contributed by atoms with van der Waals surface area (Å²) in [6.45, 7) is 0. The van der Waals surface area contributed by atoms with Gasteiger partial charge in [-0.25, -0.2) is 15.0 Å². The van der Waals surface area contributed by atoms with Crippen molar-refractivity contribution in [3.05, 3.63) is 163 Å². The third-order valence-electron chi connectivity index (χ3n) is 7.43. The molecule has 0 N–H and O–H groups in total. The van der Waals surface area contributed by atoms with Gasteiger partial charge in [0, 0.05) is 21.7 Å². The molecule has 3 nitrogen and oxygen atoms in total. The Hall–Kier alpha value is -5.38. The van der Waals surface area contributed by atoms with E-state index in [0.717, 1.165) is 49.5 Å². The molecular formula is C39H26ClN3. The van der Waals surface area contributed by atoms with Gasteiger partial charge in [-0.1, -0.05) is 151 Å². The summed E-state index contributed by atoms with van der Waals surface area (Å²) in [5.41, 5.74) is 9.56. The van der Waals surface area contributed by atoms with Crippen molar-refractivity contribution in [2.75, 3.05) is 0 Å². The number of halogens is 1. The van der Waals surface area contributed by atoms with E-state index in [0.29, 0.717) is 17.5 Å². The lowest BCUT2D eigenvalue weighted by Crippen LogP contribution is -2.00. The molecule has 4 heteroatoms. The van der Waals surface area contributed by atoms with Crippen LogP contribution in [0.15, 0.2) is 158 Å². The van der Waals surface area contributed by atoms with E-state index in [9.17, 15) is 0 Å². The van der Waals surface area contributed by atoms with E-state index in [2.05, 4.69) is 109 Å². The van der Waals surface area contributed by atoms with Gasteiger partial charge in [-0.2, -0.15) is 0 Å². The number of nitrogens with zero attached hydrogens (tertiary/aromatic N) is 3. The van der Waals surface area contributed by atoms with Crippen LogP contribution >= 0.6 is 11.6 Å². The molecule has 0 aliphatic carbocycles. The molecule has 0 bridgehead atoms. The van der Waals surface area contributed by atoms with Gasteiger partial charge in [0.25, 0.3) is 0 Å². The molecule has 0 saturated carbocycles. The van der Waals surface area contributed by atoms with Crippen molar-refractivity contribution in [3.8, 4) is 67.5 Å². The van der Waals surface area contributed by atoms with Crippen LogP contribution in [0.25, 0.3) is 67.5 Å². The molecule has 0 amide bonds. The number of hydrogen-bond acceptors (Lipinski definition) is 3. The van der Waals surface area contributed by atoms with Crippen LogP contribution in [0.3, 0.4) is 0 Å². The summed E-state index contributed by atoms with van der Waals surface area (Å²) >= 11 is 6.10. The predicted molar refractivity (Wildman–Crippen MR) is 177 cm³/mol. The van der Waals surface area contributed by atoms with Crippen LogP contribution < -0.4 is 0 Å². The quantitative estimate of drug-likeness (QED) is 0.199. The van der Waals surface area contributed by atoms with Crippen LogP contribution in [0.4, 0.5) is 0 Å². The lowest BCUT2D eigenvalue weighted by molar-refractivity contribution is 1.07. The zero-order chi connectivity index (χ0) is 29.0. The molecule has 7 rings (SSSR count). The maximum absolute atomic E-state index is 6.10. The molecule has 0 atom stereocenters. The first kappa shape index (κ1) is 26.5. The first-order valence-electron chi connectivity index (χ1n) is 14.1. The van der Waals surface area contributed by atoms with Gasteiger partial charge in [-0.3, -0.25) is 0 Å². The Morgan fingerprint density at radius 3 is 1.09 bits per heavy atom. The molecule has 0 fully saturated rings. The standard InChI is InChI=1S/C39H26ClN3/c40-36-24-22-31(23-25-36)30-16-20-33(21-17-30)38-41-37(32-18-14-29(15-19-32)27-8-3-1-4-9-27)42-39(43-38)35-13-7-12-34(26-35)28-10-5-2-6-11-28/h1-26H. The smallest absolute Gasteiger partial charge is 0.164 e. The Bertz CT molecular complexity index is 1990. The molecule has 43 heavy (non-hydrogen) atoms. The zero-order valence-electron chi connectivity index (χ0n) is 23.2. The molecule has 1 aromatic heterocycles. The van der Waals surface area contributed by atoms with E-state index < -0.39 is 0 Å². The van der Waals surface area contributed by atoms with E-state index in [1.807, 2.05) is 48.5 Å². The summed E-state index contributed by atoms with van der Waals surface area (Å²) in [4.78, 5) is 14.9. The van der Waals surface area contributed by atoms with Gasteiger partial charge in [-0.15, -0.1) is 0 Å². The fraction of sp³-hybridized carbons (Fsp3) is 0. The summed E-state index contributed by atoms with van der Waals surface area (Å²) in [6.07, 6.45) is 0. The Balaban J connectivity index is 1.31. The Labute approximate surface area is 256 Å². The van der Waals surface area contributed by atoms with Crippen LogP contribution in [0.1, 0.15) is 0 Å². The van der Waals surface area contributed by atoms with Crippen molar-refractivity contribution in [2.24, 2.45) is 0 Å². The average molecular weight is 572 g/mol. The minimum absolute atomic E-state index is 0.625. The molecule has 0 saturated heterocycles. The lowest BCUT2D eigenvalue weighted by Gasteiger charge is -2.11. The van der Waals surface area contributed by atoms with Crippen molar-refractivity contribution in [1.82, 2.24) is 15.0 Å². The number of aromatic nitrogens is 3. The molecule has 1 heterocycles. The van der Waals surface area contributed by atoms with Gasteiger partial charge in [0.1, 0.15) is 0 Å². The van der Waals surface area contributed by atoms with Crippen LogP contribution in [0.5, 0.6) is 0 Å². The van der Waals surface area contributed by atoms with Gasteiger partial charge in [-0.05, 0) is 51.6 Å². The molecule has 204 valence electrons. The third kappa shape index (κ3) is 5.85. The van der Waals surface area contributed by atoms with Crippen LogP contribution in [-0.4, -0.2) is 15.0 Å². The largest absolute Gasteiger partial charge is 0.208 e. The highest BCUT2D eigenvalue weighted by atomic mass is 35.5. The monoisotopic (exact) mass is 571 g/mol. The fourth-order valence-corrected chi connectivity index (χ4v) is 5.25. The molecule has 0 aliphatic heterocycles. The van der Waals surface area contributed by atoms with E-state index in [1.54, 1.807) is 0 Å². The maximum atomic E-state index is 6.10. The Morgan fingerprint density at radius 2 is 0.605 bits per heavy atom. The SMILES string of the molecule is Clc1ccc(-c2ccc(-c3nc(-c4ccc(-c5ccccc5)cc4)nc(-c4cccc(-c5ccccc5)c4)n3)cc2)cc1. The van der Waals surface area contributed by atoms with Crippen molar-refractivity contribution in [1.29, 1.82) is 0 Å². The fourth-order valence-electron chi connectivity index (χ4n) is 5.13. The maximum Gasteiger partial charge on any atom is 0.164 e. The number of rotatable bonds is 6. The molecule has 0 spiro atoms. The average Bonchev–Trinajstić information content (AvgIpc) is 3.09. The first-order valence-corrected chi connectivity index (χ1v) is 14.5. The minimum Gasteiger partial charge on any atom is -0.208 e. The number of hydrogen-bond donors (Lipinski definition) is 0. The number of benzene rings is 6. The van der Waals surface area contributed by atoms with Gasteiger partial charge in [0.15, 0.2) is 17.5 Å². The van der Waals surface area contributed by atoms with Crippen LogP contribution in [0.2, 0.25) is 5.02 Å². The van der Waals surface area contributed by atoms with Crippen molar-refractivity contribution in [3.63, 3.8) is 0 Å². The van der Waals surface area contributed by atoms with E-state index in [1.165, 1.54) is 5.56 Å². The molecular weight excluding hydrogens is 546 g/mol. The second kappa shape index (κ2) is 11.8. The topological polar surface area (TPSA) is 38.7 Å². The van der Waals surface area contributed by atoms with Gasteiger partial charge < -0.3 is 0 Å². The molecule has 6 aromatic carbocycles. The minimum atomic E-state index is 0.625. The normalized spacial score (nSPS) is 10.9.